The van der Waals surface area contributed by atoms with E-state index in [1.807, 2.05) is 30.3 Å². The van der Waals surface area contributed by atoms with Crippen LogP contribution in [0.4, 0.5) is 0 Å². The standard InChI is InChI=1S/C9H10N2/c1-10-9(11-2)8-6-4-3-5-7-8/h3-7H,1H2,2H3/b11-9-. The molecule has 0 fully saturated rings. The lowest BCUT2D eigenvalue weighted by Gasteiger charge is -1.96. The minimum Gasteiger partial charge on any atom is -0.270 e. The van der Waals surface area contributed by atoms with Crippen LogP contribution in [-0.4, -0.2) is 19.6 Å². The molecule has 0 atom stereocenters. The minimum atomic E-state index is 0.686. The molecule has 0 aliphatic carbocycles. The number of hydrogen-bond donors (Lipinski definition) is 0. The van der Waals surface area contributed by atoms with Crippen molar-refractivity contribution in [2.75, 3.05) is 7.05 Å². The maximum atomic E-state index is 3.96. The highest BCUT2D eigenvalue weighted by Gasteiger charge is 1.95. The van der Waals surface area contributed by atoms with Crippen molar-refractivity contribution in [2.45, 2.75) is 0 Å². The summed E-state index contributed by atoms with van der Waals surface area (Å²) in [6, 6.07) is 9.77. The van der Waals surface area contributed by atoms with Gasteiger partial charge >= 0.3 is 0 Å². The molecule has 0 heterocycles. The summed E-state index contributed by atoms with van der Waals surface area (Å²) in [5.74, 6) is 0.686. The zero-order valence-corrected chi connectivity index (χ0v) is 6.49. The second-order valence-electron chi connectivity index (χ2n) is 2.07. The highest BCUT2D eigenvalue weighted by atomic mass is 14.9. The van der Waals surface area contributed by atoms with Gasteiger partial charge in [-0.15, -0.1) is 0 Å². The van der Waals surface area contributed by atoms with Crippen molar-refractivity contribution in [3.05, 3.63) is 35.9 Å². The second kappa shape index (κ2) is 3.66. The van der Waals surface area contributed by atoms with E-state index < -0.39 is 0 Å². The molecule has 0 aliphatic heterocycles. The van der Waals surface area contributed by atoms with Crippen molar-refractivity contribution in [3.8, 4) is 0 Å². The third-order valence-corrected chi connectivity index (χ3v) is 1.39. The Morgan fingerprint density at radius 1 is 1.27 bits per heavy atom. The molecule has 0 bridgehead atoms. The van der Waals surface area contributed by atoms with Gasteiger partial charge in [-0.05, 0) is 6.72 Å². The fourth-order valence-corrected chi connectivity index (χ4v) is 0.878. The van der Waals surface area contributed by atoms with Gasteiger partial charge in [0.15, 0.2) is 5.84 Å². The molecule has 0 saturated carbocycles. The first kappa shape index (κ1) is 7.66. The number of aliphatic imine (C=N–C) groups is 2. The van der Waals surface area contributed by atoms with Crippen molar-refractivity contribution in [3.63, 3.8) is 0 Å². The van der Waals surface area contributed by atoms with Crippen molar-refractivity contribution < 1.29 is 0 Å². The minimum absolute atomic E-state index is 0.686. The third-order valence-electron chi connectivity index (χ3n) is 1.39. The number of hydrogen-bond acceptors (Lipinski definition) is 1. The van der Waals surface area contributed by atoms with Gasteiger partial charge in [-0.2, -0.15) is 0 Å². The van der Waals surface area contributed by atoms with Crippen molar-refractivity contribution in [1.29, 1.82) is 0 Å². The van der Waals surface area contributed by atoms with Crippen LogP contribution in [-0.2, 0) is 0 Å². The molecule has 0 saturated heterocycles. The first-order valence-electron chi connectivity index (χ1n) is 3.37. The second-order valence-corrected chi connectivity index (χ2v) is 2.07. The van der Waals surface area contributed by atoms with Crippen molar-refractivity contribution >= 4 is 12.6 Å². The number of rotatable bonds is 1. The van der Waals surface area contributed by atoms with Crippen LogP contribution in [0.15, 0.2) is 40.3 Å². The zero-order chi connectivity index (χ0) is 8.10. The van der Waals surface area contributed by atoms with Crippen LogP contribution >= 0.6 is 0 Å². The van der Waals surface area contributed by atoms with E-state index in [1.54, 1.807) is 7.05 Å². The highest BCUT2D eigenvalue weighted by molar-refractivity contribution is 6.01. The molecular formula is C9H10N2. The Morgan fingerprint density at radius 2 is 1.91 bits per heavy atom. The average molecular weight is 146 g/mol. The molecule has 0 spiro atoms. The lowest BCUT2D eigenvalue weighted by atomic mass is 10.2. The van der Waals surface area contributed by atoms with E-state index >= 15 is 0 Å². The van der Waals surface area contributed by atoms with Crippen LogP contribution in [0.2, 0.25) is 0 Å². The Kier molecular flexibility index (Phi) is 2.55. The van der Waals surface area contributed by atoms with Gasteiger partial charge in [-0.25, -0.2) is 4.99 Å². The van der Waals surface area contributed by atoms with E-state index in [-0.39, 0.29) is 0 Å². The van der Waals surface area contributed by atoms with Crippen LogP contribution in [0, 0.1) is 0 Å². The summed E-state index contributed by atoms with van der Waals surface area (Å²) in [7, 11) is 1.71. The molecule has 0 aromatic heterocycles. The van der Waals surface area contributed by atoms with Crippen LogP contribution in [0.25, 0.3) is 0 Å². The normalized spacial score (nSPS) is 11.2. The summed E-state index contributed by atoms with van der Waals surface area (Å²) in [6.45, 7) is 3.43. The Labute approximate surface area is 66.3 Å². The number of nitrogens with zero attached hydrogens (tertiary/aromatic N) is 2. The molecule has 0 amide bonds. The lowest BCUT2D eigenvalue weighted by molar-refractivity contribution is 1.39. The first-order chi connectivity index (χ1) is 5.38. The predicted octanol–water partition coefficient (Wildman–Crippen LogP) is 1.76. The van der Waals surface area contributed by atoms with Gasteiger partial charge in [0, 0.05) is 12.6 Å². The predicted molar refractivity (Wildman–Crippen MR) is 48.5 cm³/mol. The van der Waals surface area contributed by atoms with Crippen LogP contribution < -0.4 is 0 Å². The van der Waals surface area contributed by atoms with Crippen LogP contribution in [0.3, 0.4) is 0 Å². The fourth-order valence-electron chi connectivity index (χ4n) is 0.878. The summed E-state index contributed by atoms with van der Waals surface area (Å²) in [5, 5.41) is 0. The Balaban J connectivity index is 3.01. The monoisotopic (exact) mass is 146 g/mol. The van der Waals surface area contributed by atoms with Gasteiger partial charge < -0.3 is 0 Å². The van der Waals surface area contributed by atoms with Gasteiger partial charge in [0.05, 0.1) is 0 Å². The number of benzene rings is 1. The molecule has 1 aromatic rings. The molecule has 2 heteroatoms. The maximum Gasteiger partial charge on any atom is 0.153 e. The van der Waals surface area contributed by atoms with Gasteiger partial charge in [0.25, 0.3) is 0 Å². The fraction of sp³-hybridized carbons (Fsp3) is 0.111. The summed E-state index contributed by atoms with van der Waals surface area (Å²) >= 11 is 0. The van der Waals surface area contributed by atoms with Crippen molar-refractivity contribution in [1.82, 2.24) is 0 Å². The van der Waals surface area contributed by atoms with Gasteiger partial charge in [-0.1, -0.05) is 30.3 Å². The van der Waals surface area contributed by atoms with Crippen LogP contribution in [0.1, 0.15) is 5.56 Å². The van der Waals surface area contributed by atoms with E-state index in [2.05, 4.69) is 16.7 Å². The molecule has 2 nitrogen and oxygen atoms in total. The topological polar surface area (TPSA) is 24.7 Å². The average Bonchev–Trinajstić information content (AvgIpc) is 2.09. The molecular weight excluding hydrogens is 136 g/mol. The van der Waals surface area contributed by atoms with E-state index in [0.29, 0.717) is 5.84 Å². The molecule has 0 N–H and O–H groups in total. The molecule has 1 aromatic carbocycles. The maximum absolute atomic E-state index is 3.96. The molecule has 0 unspecified atom stereocenters. The van der Waals surface area contributed by atoms with E-state index in [9.17, 15) is 0 Å². The Hall–Kier alpha value is -1.44. The quantitative estimate of drug-likeness (QED) is 0.426. The molecule has 0 aliphatic rings. The molecule has 11 heavy (non-hydrogen) atoms. The molecule has 0 radical (unpaired) electrons. The van der Waals surface area contributed by atoms with Gasteiger partial charge in [0.2, 0.25) is 0 Å². The summed E-state index contributed by atoms with van der Waals surface area (Å²) in [4.78, 5) is 7.74. The number of amidine groups is 1. The largest absolute Gasteiger partial charge is 0.270 e. The SMILES string of the molecule is C=N/C(=N\C)c1ccccc1. The summed E-state index contributed by atoms with van der Waals surface area (Å²) in [5.41, 5.74) is 1.00. The first-order valence-corrected chi connectivity index (χ1v) is 3.37. The van der Waals surface area contributed by atoms with Gasteiger partial charge in [-0.3, -0.25) is 4.99 Å². The van der Waals surface area contributed by atoms with E-state index in [1.165, 1.54) is 0 Å². The molecule has 56 valence electrons. The zero-order valence-electron chi connectivity index (χ0n) is 6.49. The third kappa shape index (κ3) is 1.74. The Morgan fingerprint density at radius 3 is 2.36 bits per heavy atom. The van der Waals surface area contributed by atoms with Crippen molar-refractivity contribution in [2.24, 2.45) is 9.98 Å². The smallest absolute Gasteiger partial charge is 0.153 e. The van der Waals surface area contributed by atoms with E-state index in [0.717, 1.165) is 5.56 Å². The van der Waals surface area contributed by atoms with Gasteiger partial charge in [0.1, 0.15) is 0 Å². The van der Waals surface area contributed by atoms with Crippen LogP contribution in [0.5, 0.6) is 0 Å². The summed E-state index contributed by atoms with van der Waals surface area (Å²) < 4.78 is 0. The Bertz CT molecular complexity index is 262. The summed E-state index contributed by atoms with van der Waals surface area (Å²) in [6.07, 6.45) is 0. The van der Waals surface area contributed by atoms with E-state index in [4.69, 9.17) is 0 Å². The molecule has 1 rings (SSSR count). The highest BCUT2D eigenvalue weighted by Crippen LogP contribution is 2.00. The lowest BCUT2D eigenvalue weighted by Crippen LogP contribution is -1.94.